The van der Waals surface area contributed by atoms with E-state index in [9.17, 15) is 18.0 Å². The Morgan fingerprint density at radius 2 is 1.38 bits per heavy atom. The number of nitrogens with one attached hydrogen (secondary N) is 1. The highest BCUT2D eigenvalue weighted by Gasteiger charge is 2.11. The van der Waals surface area contributed by atoms with Crippen molar-refractivity contribution in [3.8, 4) is 0 Å². The minimum Gasteiger partial charge on any atom is -0.478 e. The van der Waals surface area contributed by atoms with Crippen LogP contribution in [-0.4, -0.2) is 41.0 Å². The summed E-state index contributed by atoms with van der Waals surface area (Å²) in [5.41, 5.74) is 0.366. The first-order chi connectivity index (χ1) is 12.1. The van der Waals surface area contributed by atoms with Crippen LogP contribution in [0.5, 0.6) is 0 Å². The molecule has 0 radical (unpaired) electrons. The number of aromatic carboxylic acids is 2. The smallest absolute Gasteiger partial charge is 0.335 e. The summed E-state index contributed by atoms with van der Waals surface area (Å²) in [5, 5.41) is 28.2. The van der Waals surface area contributed by atoms with Gasteiger partial charge in [0.1, 0.15) is 5.88 Å². The average molecular weight is 379 g/mol. The van der Waals surface area contributed by atoms with E-state index >= 15 is 0 Å². The van der Waals surface area contributed by atoms with Crippen LogP contribution in [0.1, 0.15) is 20.7 Å². The fourth-order valence-corrected chi connectivity index (χ4v) is 2.20. The summed E-state index contributed by atoms with van der Waals surface area (Å²) in [6.07, 6.45) is 0. The number of hydrogen-bond donors (Lipinski definition) is 4. The second-order valence-electron chi connectivity index (χ2n) is 5.03. The molecular weight excluding hydrogens is 366 g/mol. The topological polar surface area (TPSA) is 166 Å². The molecule has 0 aromatic heterocycles. The number of anilines is 1. The molecule has 26 heavy (non-hydrogen) atoms. The van der Waals surface area contributed by atoms with Gasteiger partial charge in [-0.1, -0.05) is 0 Å². The second-order valence-corrected chi connectivity index (χ2v) is 6.48. The van der Waals surface area contributed by atoms with E-state index in [2.05, 4.69) is 15.5 Å². The molecule has 0 heterocycles. The Hall–Kier alpha value is -3.31. The Kier molecular flexibility index (Phi) is 5.64. The first-order valence-corrected chi connectivity index (χ1v) is 8.57. The van der Waals surface area contributed by atoms with E-state index < -0.39 is 27.9 Å². The maximum Gasteiger partial charge on any atom is 0.335 e. The van der Waals surface area contributed by atoms with Crippen molar-refractivity contribution in [2.75, 3.05) is 11.2 Å². The maximum absolute atomic E-state index is 11.0. The Bertz CT molecular complexity index is 937. The van der Waals surface area contributed by atoms with Gasteiger partial charge in [-0.2, -0.15) is 18.6 Å². The molecule has 0 aliphatic heterocycles. The molecule has 0 aliphatic rings. The molecule has 0 unspecified atom stereocenters. The van der Waals surface area contributed by atoms with Crippen LogP contribution >= 0.6 is 0 Å². The third kappa shape index (κ3) is 5.65. The molecule has 136 valence electrons. The molecule has 0 spiro atoms. The number of nitrogens with zero attached hydrogens (tertiary/aromatic N) is 2. The van der Waals surface area contributed by atoms with Gasteiger partial charge in [0.25, 0.3) is 10.1 Å². The fraction of sp³-hybridized carbons (Fsp3) is 0.0667. The van der Waals surface area contributed by atoms with Gasteiger partial charge in [-0.05, 0) is 42.5 Å². The van der Waals surface area contributed by atoms with Gasteiger partial charge in [-0.15, -0.1) is 0 Å². The number of carboxylic acid groups (broad SMARTS) is 2. The van der Waals surface area contributed by atoms with E-state index in [1.807, 2.05) is 0 Å². The van der Waals surface area contributed by atoms with Gasteiger partial charge in [0, 0.05) is 5.69 Å². The summed E-state index contributed by atoms with van der Waals surface area (Å²) in [5.74, 6) is -3.23. The van der Waals surface area contributed by atoms with E-state index in [0.29, 0.717) is 11.4 Å². The van der Waals surface area contributed by atoms with Crippen molar-refractivity contribution in [3.05, 3.63) is 53.6 Å². The number of azo groups is 1. The second kappa shape index (κ2) is 7.72. The molecule has 4 N–H and O–H groups in total. The molecule has 0 bridgehead atoms. The van der Waals surface area contributed by atoms with Gasteiger partial charge < -0.3 is 15.5 Å². The van der Waals surface area contributed by atoms with Crippen LogP contribution < -0.4 is 5.32 Å². The average Bonchev–Trinajstić information content (AvgIpc) is 2.58. The SMILES string of the molecule is O=C(O)c1cc(N=Nc2ccc(NCS(=O)(=O)O)cc2)cc(C(=O)O)c1. The first-order valence-electron chi connectivity index (χ1n) is 6.96. The lowest BCUT2D eigenvalue weighted by Crippen LogP contribution is -2.12. The number of rotatable bonds is 7. The predicted octanol–water partition coefficient (Wildman–Crippen LogP) is 2.76. The summed E-state index contributed by atoms with van der Waals surface area (Å²) in [4.78, 5) is 22.1. The minimum absolute atomic E-state index is 0.0517. The minimum atomic E-state index is -4.15. The number of benzene rings is 2. The Balaban J connectivity index is 2.19. The molecule has 0 saturated heterocycles. The third-order valence-corrected chi connectivity index (χ3v) is 3.53. The van der Waals surface area contributed by atoms with Crippen LogP contribution in [0.2, 0.25) is 0 Å². The van der Waals surface area contributed by atoms with E-state index in [0.717, 1.165) is 6.07 Å². The van der Waals surface area contributed by atoms with Gasteiger partial charge in [0.2, 0.25) is 0 Å². The molecule has 11 heteroatoms. The van der Waals surface area contributed by atoms with Gasteiger partial charge in [-0.3, -0.25) is 4.55 Å². The zero-order chi connectivity index (χ0) is 19.3. The largest absolute Gasteiger partial charge is 0.478 e. The van der Waals surface area contributed by atoms with E-state index in [-0.39, 0.29) is 16.8 Å². The first kappa shape index (κ1) is 19.0. The summed E-state index contributed by atoms with van der Waals surface area (Å²) in [6, 6.07) is 9.36. The van der Waals surface area contributed by atoms with Crippen molar-refractivity contribution in [2.45, 2.75) is 0 Å². The number of hydrogen-bond acceptors (Lipinski definition) is 7. The predicted molar refractivity (Wildman–Crippen MR) is 91.0 cm³/mol. The summed E-state index contributed by atoms with van der Waals surface area (Å²) < 4.78 is 30.0. The Morgan fingerprint density at radius 1 is 0.885 bits per heavy atom. The fourth-order valence-electron chi connectivity index (χ4n) is 1.85. The van der Waals surface area contributed by atoms with Gasteiger partial charge in [0.15, 0.2) is 0 Å². The summed E-state index contributed by atoms with van der Waals surface area (Å²) in [6.45, 7) is 0. The maximum atomic E-state index is 11.0. The van der Waals surface area contributed by atoms with Crippen molar-refractivity contribution in [2.24, 2.45) is 10.2 Å². The lowest BCUT2D eigenvalue weighted by Gasteiger charge is -2.04. The zero-order valence-corrected chi connectivity index (χ0v) is 13.8. The number of carbonyl (C=O) groups is 2. The van der Waals surface area contributed by atoms with Crippen molar-refractivity contribution in [1.82, 2.24) is 0 Å². The van der Waals surface area contributed by atoms with Crippen molar-refractivity contribution < 1.29 is 32.8 Å². The lowest BCUT2D eigenvalue weighted by atomic mass is 10.1. The van der Waals surface area contributed by atoms with E-state index in [1.165, 1.54) is 36.4 Å². The zero-order valence-electron chi connectivity index (χ0n) is 13.0. The van der Waals surface area contributed by atoms with Crippen LogP contribution in [0.4, 0.5) is 17.1 Å². The van der Waals surface area contributed by atoms with Crippen LogP contribution in [0.25, 0.3) is 0 Å². The highest BCUT2D eigenvalue weighted by molar-refractivity contribution is 7.85. The summed E-state index contributed by atoms with van der Waals surface area (Å²) >= 11 is 0. The van der Waals surface area contributed by atoms with Crippen molar-refractivity contribution in [1.29, 1.82) is 0 Å². The molecule has 2 aromatic rings. The normalized spacial score (nSPS) is 11.4. The molecule has 0 saturated carbocycles. The van der Waals surface area contributed by atoms with Crippen LogP contribution in [0, 0.1) is 0 Å². The molecule has 10 nitrogen and oxygen atoms in total. The molecule has 0 aliphatic carbocycles. The molecule has 0 atom stereocenters. The van der Waals surface area contributed by atoms with E-state index in [4.69, 9.17) is 14.8 Å². The third-order valence-electron chi connectivity index (χ3n) is 3.02. The molecular formula is C15H13N3O7S. The summed E-state index contributed by atoms with van der Waals surface area (Å²) in [7, 11) is -4.15. The molecule has 2 aromatic carbocycles. The Labute approximate surface area is 147 Å². The molecule has 2 rings (SSSR count). The monoisotopic (exact) mass is 379 g/mol. The Morgan fingerprint density at radius 3 is 1.85 bits per heavy atom. The van der Waals surface area contributed by atoms with Gasteiger partial charge in [-0.25, -0.2) is 9.59 Å². The van der Waals surface area contributed by atoms with Crippen LogP contribution in [0.15, 0.2) is 52.7 Å². The van der Waals surface area contributed by atoms with E-state index in [1.54, 1.807) is 0 Å². The standard InChI is InChI=1S/C15H13N3O7S/c19-14(20)9-5-10(15(21)22)7-13(6-9)18-17-12-3-1-11(2-4-12)16-8-26(23,24)25/h1-7,16H,8H2,(H,19,20)(H,21,22)(H,23,24,25). The number of carboxylic acids is 2. The molecule has 0 fully saturated rings. The highest BCUT2D eigenvalue weighted by Crippen LogP contribution is 2.23. The van der Waals surface area contributed by atoms with Gasteiger partial charge >= 0.3 is 11.9 Å². The van der Waals surface area contributed by atoms with Gasteiger partial charge in [0.05, 0.1) is 22.5 Å². The highest BCUT2D eigenvalue weighted by atomic mass is 32.2. The van der Waals surface area contributed by atoms with Crippen LogP contribution in [-0.2, 0) is 10.1 Å². The van der Waals surface area contributed by atoms with Crippen LogP contribution in [0.3, 0.4) is 0 Å². The van der Waals surface area contributed by atoms with Crippen molar-refractivity contribution >= 4 is 39.1 Å². The quantitative estimate of drug-likeness (QED) is 0.421. The molecule has 0 amide bonds. The van der Waals surface area contributed by atoms with Crippen molar-refractivity contribution in [3.63, 3.8) is 0 Å². The lowest BCUT2D eigenvalue weighted by molar-refractivity contribution is 0.0696.